The van der Waals surface area contributed by atoms with Crippen molar-refractivity contribution in [3.8, 4) is 6.07 Å². The first-order valence-corrected chi connectivity index (χ1v) is 10.5. The van der Waals surface area contributed by atoms with Gasteiger partial charge in [0.15, 0.2) is 11.6 Å². The van der Waals surface area contributed by atoms with Crippen LogP contribution in [0.4, 0.5) is 0 Å². The number of allylic oxidation sites excluding steroid dienone is 1. The lowest BCUT2D eigenvalue weighted by Gasteiger charge is -2.20. The molecule has 7 heteroatoms. The van der Waals surface area contributed by atoms with E-state index in [-0.39, 0.29) is 17.2 Å². The number of imidazole rings is 1. The molecule has 2 heterocycles. The third kappa shape index (κ3) is 3.46. The number of para-hydroxylation sites is 3. The number of benzene rings is 2. The molecule has 0 aliphatic heterocycles. The predicted molar refractivity (Wildman–Crippen MR) is 120 cm³/mol. The Morgan fingerprint density at radius 1 is 1.06 bits per heavy atom. The van der Waals surface area contributed by atoms with Crippen molar-refractivity contribution in [3.05, 3.63) is 76.9 Å². The Hall–Kier alpha value is -4.18. The van der Waals surface area contributed by atoms with Gasteiger partial charge in [-0.3, -0.25) is 4.98 Å². The summed E-state index contributed by atoms with van der Waals surface area (Å²) in [6.45, 7) is -0.426. The lowest BCUT2D eigenvalue weighted by molar-refractivity contribution is 0.0503. The molecular formula is C25H20N4O3. The van der Waals surface area contributed by atoms with Crippen molar-refractivity contribution in [2.75, 3.05) is 6.61 Å². The van der Waals surface area contributed by atoms with Gasteiger partial charge in [0.2, 0.25) is 0 Å². The average Bonchev–Trinajstić information content (AvgIpc) is 3.25. The summed E-state index contributed by atoms with van der Waals surface area (Å²) >= 11 is 0. The highest BCUT2D eigenvalue weighted by Crippen LogP contribution is 2.30. The maximum absolute atomic E-state index is 13.1. The number of aliphatic hydroxyl groups is 1. The molecule has 0 atom stereocenters. The number of rotatable bonds is 4. The van der Waals surface area contributed by atoms with E-state index in [9.17, 15) is 15.2 Å². The number of aryl methyl sites for hydroxylation is 1. The zero-order valence-electron chi connectivity index (χ0n) is 17.3. The fourth-order valence-corrected chi connectivity index (χ4v) is 4.21. The van der Waals surface area contributed by atoms with Gasteiger partial charge in [-0.25, -0.2) is 9.78 Å². The van der Waals surface area contributed by atoms with Gasteiger partial charge in [-0.2, -0.15) is 5.26 Å². The van der Waals surface area contributed by atoms with E-state index in [1.807, 2.05) is 48.5 Å². The van der Waals surface area contributed by atoms with Crippen molar-refractivity contribution in [2.24, 2.45) is 0 Å². The molecule has 32 heavy (non-hydrogen) atoms. The summed E-state index contributed by atoms with van der Waals surface area (Å²) in [7, 11) is 0. The average molecular weight is 424 g/mol. The van der Waals surface area contributed by atoms with E-state index in [4.69, 9.17) is 9.72 Å². The molecule has 5 rings (SSSR count). The van der Waals surface area contributed by atoms with Gasteiger partial charge in [0.1, 0.15) is 18.2 Å². The molecule has 0 radical (unpaired) electrons. The fraction of sp³-hybridized carbons (Fsp3) is 0.200. The third-order valence-electron chi connectivity index (χ3n) is 5.74. The number of hydrogen-bond donors (Lipinski definition) is 2. The minimum Gasteiger partial charge on any atom is -0.507 e. The van der Waals surface area contributed by atoms with E-state index in [2.05, 4.69) is 9.97 Å². The lowest BCUT2D eigenvalue weighted by atomic mass is 9.90. The maximum atomic E-state index is 13.1. The minimum atomic E-state index is -0.532. The largest absolute Gasteiger partial charge is 0.507 e. The zero-order chi connectivity index (χ0) is 22.1. The SMILES string of the molecule is N#CC(=C(O)COC(=O)c1c2c(nc3ccccc13)CCCC2)c1nc2ccccc2[nH]1. The smallest absolute Gasteiger partial charge is 0.339 e. The van der Waals surface area contributed by atoms with Gasteiger partial charge in [0.25, 0.3) is 0 Å². The fourth-order valence-electron chi connectivity index (χ4n) is 4.21. The molecule has 0 bridgehead atoms. The van der Waals surface area contributed by atoms with Crippen LogP contribution in [-0.2, 0) is 17.6 Å². The molecular weight excluding hydrogens is 404 g/mol. The highest BCUT2D eigenvalue weighted by molar-refractivity contribution is 6.05. The molecule has 7 nitrogen and oxygen atoms in total. The van der Waals surface area contributed by atoms with Crippen LogP contribution in [0.5, 0.6) is 0 Å². The lowest BCUT2D eigenvalue weighted by Crippen LogP contribution is -2.17. The van der Waals surface area contributed by atoms with Crippen LogP contribution in [0.25, 0.3) is 27.5 Å². The normalized spacial score (nSPS) is 14.0. The molecule has 0 unspecified atom stereocenters. The Labute approximate surface area is 184 Å². The van der Waals surface area contributed by atoms with E-state index < -0.39 is 12.6 Å². The Morgan fingerprint density at radius 3 is 2.62 bits per heavy atom. The summed E-state index contributed by atoms with van der Waals surface area (Å²) in [4.78, 5) is 25.2. The van der Waals surface area contributed by atoms with E-state index >= 15 is 0 Å². The second-order valence-electron chi connectivity index (χ2n) is 7.75. The Kier molecular flexibility index (Phi) is 5.04. The number of nitrogens with one attached hydrogen (secondary N) is 1. The van der Waals surface area contributed by atoms with Gasteiger partial charge < -0.3 is 14.8 Å². The monoisotopic (exact) mass is 424 g/mol. The molecule has 2 aromatic carbocycles. The van der Waals surface area contributed by atoms with E-state index in [0.29, 0.717) is 11.1 Å². The van der Waals surface area contributed by atoms with Crippen molar-refractivity contribution in [3.63, 3.8) is 0 Å². The number of aromatic amines is 1. The van der Waals surface area contributed by atoms with Crippen LogP contribution in [-0.4, -0.2) is 32.6 Å². The summed E-state index contributed by atoms with van der Waals surface area (Å²) in [5, 5.41) is 20.9. The molecule has 1 aliphatic rings. The number of carbonyl (C=O) groups excluding carboxylic acids is 1. The van der Waals surface area contributed by atoms with Gasteiger partial charge in [0.05, 0.1) is 22.1 Å². The molecule has 0 amide bonds. The van der Waals surface area contributed by atoms with Crippen LogP contribution >= 0.6 is 0 Å². The summed E-state index contributed by atoms with van der Waals surface area (Å²) < 4.78 is 5.48. The van der Waals surface area contributed by atoms with Crippen LogP contribution in [0, 0.1) is 11.3 Å². The van der Waals surface area contributed by atoms with Gasteiger partial charge in [-0.15, -0.1) is 0 Å². The number of aliphatic hydroxyl groups excluding tert-OH is 1. The van der Waals surface area contributed by atoms with Crippen molar-refractivity contribution < 1.29 is 14.6 Å². The topological polar surface area (TPSA) is 112 Å². The number of carbonyl (C=O) groups is 1. The van der Waals surface area contributed by atoms with E-state index in [0.717, 1.165) is 53.4 Å². The quantitative estimate of drug-likeness (QED) is 0.280. The molecule has 4 aromatic rings. The minimum absolute atomic E-state index is 0.0596. The Morgan fingerprint density at radius 2 is 1.81 bits per heavy atom. The van der Waals surface area contributed by atoms with Gasteiger partial charge in [-0.05, 0) is 49.4 Å². The van der Waals surface area contributed by atoms with E-state index in [1.165, 1.54) is 0 Å². The first-order valence-electron chi connectivity index (χ1n) is 10.5. The molecule has 2 N–H and O–H groups in total. The number of aromatic nitrogens is 3. The number of hydrogen-bond acceptors (Lipinski definition) is 6. The summed E-state index contributed by atoms with van der Waals surface area (Å²) in [5.74, 6) is -0.656. The Bertz CT molecular complexity index is 1400. The molecule has 2 aromatic heterocycles. The summed E-state index contributed by atoms with van der Waals surface area (Å²) in [5.41, 5.74) is 4.46. The number of fused-ring (bicyclic) bond motifs is 3. The van der Waals surface area contributed by atoms with Crippen molar-refractivity contribution in [1.29, 1.82) is 5.26 Å². The van der Waals surface area contributed by atoms with Crippen LogP contribution < -0.4 is 0 Å². The van der Waals surface area contributed by atoms with Crippen molar-refractivity contribution in [2.45, 2.75) is 25.7 Å². The number of nitriles is 1. The molecule has 1 aliphatic carbocycles. The number of ether oxygens (including phenoxy) is 1. The van der Waals surface area contributed by atoms with Crippen molar-refractivity contribution >= 4 is 33.5 Å². The molecule has 158 valence electrons. The zero-order valence-corrected chi connectivity index (χ0v) is 17.3. The second kappa shape index (κ2) is 8.16. The standard InChI is InChI=1S/C25H20N4O3/c26-13-17(24-28-20-11-5-6-12-21(20)29-24)22(30)14-32-25(31)23-15-7-1-3-9-18(15)27-19-10-4-2-8-16(19)23/h1,3,5-7,9,11-12,30H,2,4,8,10,14H2,(H,28,29). The van der Waals surface area contributed by atoms with Crippen molar-refractivity contribution in [1.82, 2.24) is 15.0 Å². The molecule has 0 saturated carbocycles. The summed E-state index contributed by atoms with van der Waals surface area (Å²) in [6.07, 6.45) is 3.63. The number of H-pyrrole nitrogens is 1. The maximum Gasteiger partial charge on any atom is 0.339 e. The van der Waals surface area contributed by atoms with Crippen LogP contribution in [0.3, 0.4) is 0 Å². The number of esters is 1. The first-order chi connectivity index (χ1) is 15.7. The van der Waals surface area contributed by atoms with E-state index in [1.54, 1.807) is 6.07 Å². The summed E-state index contributed by atoms with van der Waals surface area (Å²) in [6, 6.07) is 16.8. The molecule has 0 spiro atoms. The Balaban J connectivity index is 1.46. The number of nitrogens with zero attached hydrogens (tertiary/aromatic N) is 3. The van der Waals surface area contributed by atoms with Gasteiger partial charge >= 0.3 is 5.97 Å². The highest BCUT2D eigenvalue weighted by Gasteiger charge is 2.24. The van der Waals surface area contributed by atoms with Gasteiger partial charge in [0, 0.05) is 11.1 Å². The van der Waals surface area contributed by atoms with Crippen LogP contribution in [0.1, 0.15) is 40.3 Å². The molecule has 0 saturated heterocycles. The van der Waals surface area contributed by atoms with Gasteiger partial charge in [-0.1, -0.05) is 30.3 Å². The predicted octanol–water partition coefficient (Wildman–Crippen LogP) is 4.64. The first kappa shape index (κ1) is 19.8. The highest BCUT2D eigenvalue weighted by atomic mass is 16.5. The number of pyridine rings is 1. The third-order valence-corrected chi connectivity index (χ3v) is 5.74. The molecule has 0 fully saturated rings. The van der Waals surface area contributed by atoms with Crippen LogP contribution in [0.15, 0.2) is 54.3 Å². The van der Waals surface area contributed by atoms with Crippen LogP contribution in [0.2, 0.25) is 0 Å². The second-order valence-corrected chi connectivity index (χ2v) is 7.75.